The average molecular weight is 216 g/mol. The standard InChI is InChI=1S/C8H7F3N4/c9-8(10,11)2-6-5-1-4(12)3-13-7(5)15-14-6/h1,3H,2,12H2,(H,13,14,15). The minimum absolute atomic E-state index is 0.0858. The molecule has 3 N–H and O–H groups in total. The third-order valence-corrected chi connectivity index (χ3v) is 1.88. The number of nitrogens with two attached hydrogens (primary N) is 1. The monoisotopic (exact) mass is 216 g/mol. The number of halogens is 3. The molecule has 0 spiro atoms. The van der Waals surface area contributed by atoms with Crippen LogP contribution in [0.3, 0.4) is 0 Å². The fraction of sp³-hybridized carbons (Fsp3) is 0.250. The van der Waals surface area contributed by atoms with Gasteiger partial charge in [-0.15, -0.1) is 0 Å². The average Bonchev–Trinajstić information content (AvgIpc) is 2.46. The van der Waals surface area contributed by atoms with Crippen molar-refractivity contribution in [3.8, 4) is 0 Å². The van der Waals surface area contributed by atoms with E-state index in [1.165, 1.54) is 12.3 Å². The van der Waals surface area contributed by atoms with Crippen molar-refractivity contribution < 1.29 is 13.2 Å². The lowest BCUT2D eigenvalue weighted by Gasteiger charge is -2.03. The maximum atomic E-state index is 12.1. The molecule has 2 rings (SSSR count). The van der Waals surface area contributed by atoms with Gasteiger partial charge in [0.05, 0.1) is 24.0 Å². The SMILES string of the molecule is Nc1cnc2[nH]nc(CC(F)(F)F)c2c1. The van der Waals surface area contributed by atoms with Gasteiger partial charge in [-0.05, 0) is 6.07 Å². The molecule has 0 aliphatic carbocycles. The molecule has 7 heteroatoms. The van der Waals surface area contributed by atoms with E-state index in [1.54, 1.807) is 0 Å². The van der Waals surface area contributed by atoms with Crippen molar-refractivity contribution in [3.63, 3.8) is 0 Å². The molecule has 2 aromatic rings. The molecule has 15 heavy (non-hydrogen) atoms. The summed E-state index contributed by atoms with van der Waals surface area (Å²) >= 11 is 0. The molecule has 80 valence electrons. The van der Waals surface area contributed by atoms with Gasteiger partial charge in [-0.2, -0.15) is 18.3 Å². The number of nitrogens with one attached hydrogen (secondary N) is 1. The highest BCUT2D eigenvalue weighted by Gasteiger charge is 2.30. The van der Waals surface area contributed by atoms with Gasteiger partial charge >= 0.3 is 6.18 Å². The normalized spacial score (nSPS) is 12.2. The number of hydrogen-bond donors (Lipinski definition) is 2. The molecule has 0 radical (unpaired) electrons. The molecule has 0 saturated heterocycles. The van der Waals surface area contributed by atoms with Crippen molar-refractivity contribution in [1.29, 1.82) is 0 Å². The Morgan fingerprint density at radius 1 is 1.40 bits per heavy atom. The smallest absolute Gasteiger partial charge is 0.394 e. The van der Waals surface area contributed by atoms with E-state index in [4.69, 9.17) is 5.73 Å². The van der Waals surface area contributed by atoms with Crippen LogP contribution in [0.5, 0.6) is 0 Å². The Bertz CT molecular complexity index is 488. The number of fused-ring (bicyclic) bond motifs is 1. The number of aromatic nitrogens is 3. The lowest BCUT2D eigenvalue weighted by molar-refractivity contribution is -0.127. The van der Waals surface area contributed by atoms with Crippen molar-refractivity contribution in [2.24, 2.45) is 0 Å². The van der Waals surface area contributed by atoms with Gasteiger partial charge < -0.3 is 5.73 Å². The highest BCUT2D eigenvalue weighted by Crippen LogP contribution is 2.25. The van der Waals surface area contributed by atoms with Crippen LogP contribution < -0.4 is 5.73 Å². The quantitative estimate of drug-likeness (QED) is 0.761. The summed E-state index contributed by atoms with van der Waals surface area (Å²) in [6.45, 7) is 0. The van der Waals surface area contributed by atoms with Crippen LogP contribution in [-0.2, 0) is 6.42 Å². The first-order valence-electron chi connectivity index (χ1n) is 4.11. The number of hydrogen-bond acceptors (Lipinski definition) is 3. The highest BCUT2D eigenvalue weighted by atomic mass is 19.4. The molecule has 2 aromatic heterocycles. The largest absolute Gasteiger partial charge is 0.397 e. The number of nitrogen functional groups attached to an aromatic ring is 1. The summed E-state index contributed by atoms with van der Waals surface area (Å²) in [5.41, 5.74) is 5.97. The Labute approximate surface area is 82.3 Å². The van der Waals surface area contributed by atoms with Crippen LogP contribution in [0.1, 0.15) is 5.69 Å². The first kappa shape index (κ1) is 9.75. The van der Waals surface area contributed by atoms with Gasteiger partial charge in [0.1, 0.15) is 0 Å². The molecule has 0 fully saturated rings. The van der Waals surface area contributed by atoms with E-state index in [9.17, 15) is 13.2 Å². The number of aromatic amines is 1. The predicted octanol–water partition coefficient (Wildman–Crippen LogP) is 1.64. The maximum Gasteiger partial charge on any atom is 0.394 e. The third kappa shape index (κ3) is 2.00. The van der Waals surface area contributed by atoms with Crippen molar-refractivity contribution >= 4 is 16.7 Å². The molecule has 0 unspecified atom stereocenters. The number of nitrogens with zero attached hydrogens (tertiary/aromatic N) is 2. The Hall–Kier alpha value is -1.79. The summed E-state index contributed by atoms with van der Waals surface area (Å²) < 4.78 is 36.4. The second kappa shape index (κ2) is 3.11. The van der Waals surface area contributed by atoms with Crippen molar-refractivity contribution in [1.82, 2.24) is 15.2 Å². The molecule has 2 heterocycles. The number of anilines is 1. The van der Waals surface area contributed by atoms with Gasteiger partial charge in [-0.1, -0.05) is 0 Å². The molecule has 4 nitrogen and oxygen atoms in total. The predicted molar refractivity (Wildman–Crippen MR) is 48.1 cm³/mol. The molecule has 0 aromatic carbocycles. The lowest BCUT2D eigenvalue weighted by atomic mass is 10.2. The number of alkyl halides is 3. The van der Waals surface area contributed by atoms with Gasteiger partial charge in [0.2, 0.25) is 0 Å². The topological polar surface area (TPSA) is 67.6 Å². The van der Waals surface area contributed by atoms with E-state index in [0.717, 1.165) is 0 Å². The fourth-order valence-electron chi connectivity index (χ4n) is 1.30. The molecule has 0 bridgehead atoms. The minimum Gasteiger partial charge on any atom is -0.397 e. The minimum atomic E-state index is -4.28. The van der Waals surface area contributed by atoms with E-state index in [0.29, 0.717) is 16.7 Å². The van der Waals surface area contributed by atoms with E-state index in [-0.39, 0.29) is 5.69 Å². The van der Waals surface area contributed by atoms with Crippen LogP contribution >= 0.6 is 0 Å². The third-order valence-electron chi connectivity index (χ3n) is 1.88. The van der Waals surface area contributed by atoms with Crippen LogP contribution in [0, 0.1) is 0 Å². The first-order chi connectivity index (χ1) is 6.96. The Balaban J connectivity index is 2.48. The van der Waals surface area contributed by atoms with Crippen molar-refractivity contribution in [2.45, 2.75) is 12.6 Å². The first-order valence-corrected chi connectivity index (χ1v) is 4.11. The van der Waals surface area contributed by atoms with Crippen LogP contribution in [-0.4, -0.2) is 21.4 Å². The summed E-state index contributed by atoms with van der Waals surface area (Å²) in [7, 11) is 0. The zero-order valence-electron chi connectivity index (χ0n) is 7.47. The summed E-state index contributed by atoms with van der Waals surface area (Å²) in [4.78, 5) is 3.82. The van der Waals surface area contributed by atoms with Crippen LogP contribution in [0.15, 0.2) is 12.3 Å². The van der Waals surface area contributed by atoms with Gasteiger partial charge in [0.15, 0.2) is 5.65 Å². The van der Waals surface area contributed by atoms with Crippen molar-refractivity contribution in [2.75, 3.05) is 5.73 Å². The van der Waals surface area contributed by atoms with Crippen LogP contribution in [0.25, 0.3) is 11.0 Å². The van der Waals surface area contributed by atoms with Gasteiger partial charge in [-0.3, -0.25) is 5.10 Å². The van der Waals surface area contributed by atoms with E-state index in [1.807, 2.05) is 0 Å². The zero-order valence-corrected chi connectivity index (χ0v) is 7.47. The maximum absolute atomic E-state index is 12.1. The van der Waals surface area contributed by atoms with Crippen LogP contribution in [0.4, 0.5) is 18.9 Å². The van der Waals surface area contributed by atoms with Gasteiger partial charge in [0.25, 0.3) is 0 Å². The Kier molecular flexibility index (Phi) is 2.02. The second-order valence-electron chi connectivity index (χ2n) is 3.13. The molecule has 0 aliphatic heterocycles. The summed E-state index contributed by atoms with van der Waals surface area (Å²) in [6, 6.07) is 1.42. The molecular formula is C8H7F3N4. The second-order valence-corrected chi connectivity index (χ2v) is 3.13. The highest BCUT2D eigenvalue weighted by molar-refractivity contribution is 5.80. The van der Waals surface area contributed by atoms with Crippen molar-refractivity contribution in [3.05, 3.63) is 18.0 Å². The van der Waals surface area contributed by atoms with E-state index < -0.39 is 12.6 Å². The Morgan fingerprint density at radius 2 is 2.13 bits per heavy atom. The summed E-state index contributed by atoms with van der Waals surface area (Å²) in [5.74, 6) is 0. The molecular weight excluding hydrogens is 209 g/mol. The van der Waals surface area contributed by atoms with Gasteiger partial charge in [-0.25, -0.2) is 4.98 Å². The molecule has 0 amide bonds. The molecule has 0 aliphatic rings. The lowest BCUT2D eigenvalue weighted by Crippen LogP contribution is -2.12. The van der Waals surface area contributed by atoms with Crippen LogP contribution in [0.2, 0.25) is 0 Å². The number of H-pyrrole nitrogens is 1. The number of rotatable bonds is 1. The fourth-order valence-corrected chi connectivity index (χ4v) is 1.30. The summed E-state index contributed by atoms with van der Waals surface area (Å²) in [6.07, 6.45) is -4.01. The van der Waals surface area contributed by atoms with E-state index in [2.05, 4.69) is 15.2 Å². The van der Waals surface area contributed by atoms with E-state index >= 15 is 0 Å². The number of pyridine rings is 1. The zero-order chi connectivity index (χ0) is 11.1. The Morgan fingerprint density at radius 3 is 2.80 bits per heavy atom. The molecule has 0 atom stereocenters. The molecule has 0 saturated carbocycles. The van der Waals surface area contributed by atoms with Gasteiger partial charge in [0, 0.05) is 5.39 Å². The summed E-state index contributed by atoms with van der Waals surface area (Å²) in [5, 5.41) is 6.29.